The maximum atomic E-state index is 9.02. The normalized spacial score (nSPS) is 14.8. The predicted octanol–water partition coefficient (Wildman–Crippen LogP) is 3.95. The highest BCUT2D eigenvalue weighted by Gasteiger charge is 2.29. The van der Waals surface area contributed by atoms with Gasteiger partial charge >= 0.3 is 0 Å². The summed E-state index contributed by atoms with van der Waals surface area (Å²) in [4.78, 5) is 2.44. The SMILES string of the molecule is CC(C)CN(c1cc(Br)cc(C#N)c1)C1CC1. The molecule has 1 aromatic rings. The minimum atomic E-state index is 0.639. The monoisotopic (exact) mass is 292 g/mol. The molecule has 0 saturated heterocycles. The lowest BCUT2D eigenvalue weighted by Gasteiger charge is -2.27. The highest BCUT2D eigenvalue weighted by atomic mass is 79.9. The van der Waals surface area contributed by atoms with Gasteiger partial charge in [0, 0.05) is 22.7 Å². The molecule has 1 fully saturated rings. The fourth-order valence-electron chi connectivity index (χ4n) is 2.05. The van der Waals surface area contributed by atoms with Crippen molar-refractivity contribution >= 4 is 21.6 Å². The van der Waals surface area contributed by atoms with Crippen LogP contribution in [0.15, 0.2) is 22.7 Å². The van der Waals surface area contributed by atoms with Crippen LogP contribution in [0.4, 0.5) is 5.69 Å². The summed E-state index contributed by atoms with van der Waals surface area (Å²) in [6.45, 7) is 5.53. The van der Waals surface area contributed by atoms with Gasteiger partial charge in [-0.1, -0.05) is 29.8 Å². The second-order valence-electron chi connectivity index (χ2n) is 5.09. The summed E-state index contributed by atoms with van der Waals surface area (Å²) >= 11 is 3.48. The van der Waals surface area contributed by atoms with Crippen LogP contribution in [0.2, 0.25) is 0 Å². The quantitative estimate of drug-likeness (QED) is 0.840. The number of benzene rings is 1. The van der Waals surface area contributed by atoms with Crippen LogP contribution in [0.25, 0.3) is 0 Å². The van der Waals surface area contributed by atoms with E-state index in [2.05, 4.69) is 46.8 Å². The van der Waals surface area contributed by atoms with E-state index >= 15 is 0 Å². The third-order valence-corrected chi connectivity index (χ3v) is 3.35. The van der Waals surface area contributed by atoms with Crippen molar-refractivity contribution in [1.82, 2.24) is 0 Å². The Morgan fingerprint density at radius 1 is 1.41 bits per heavy atom. The molecule has 0 bridgehead atoms. The fourth-order valence-corrected chi connectivity index (χ4v) is 2.53. The summed E-state index contributed by atoms with van der Waals surface area (Å²) in [6.07, 6.45) is 2.56. The Balaban J connectivity index is 2.29. The molecule has 0 aromatic heterocycles. The van der Waals surface area contributed by atoms with Crippen molar-refractivity contribution in [2.75, 3.05) is 11.4 Å². The molecule has 0 amide bonds. The van der Waals surface area contributed by atoms with Gasteiger partial charge in [0.25, 0.3) is 0 Å². The van der Waals surface area contributed by atoms with Gasteiger partial charge < -0.3 is 4.90 Å². The summed E-state index contributed by atoms with van der Waals surface area (Å²) in [5.74, 6) is 0.639. The number of hydrogen-bond acceptors (Lipinski definition) is 2. The third-order valence-electron chi connectivity index (χ3n) is 2.89. The van der Waals surface area contributed by atoms with Crippen LogP contribution in [-0.4, -0.2) is 12.6 Å². The number of rotatable bonds is 4. The molecule has 1 aliphatic carbocycles. The Morgan fingerprint density at radius 2 is 2.12 bits per heavy atom. The smallest absolute Gasteiger partial charge is 0.0992 e. The number of nitrogens with zero attached hydrogens (tertiary/aromatic N) is 2. The Morgan fingerprint density at radius 3 is 2.65 bits per heavy atom. The molecule has 17 heavy (non-hydrogen) atoms. The van der Waals surface area contributed by atoms with Gasteiger partial charge in [0.2, 0.25) is 0 Å². The van der Waals surface area contributed by atoms with Crippen molar-refractivity contribution in [3.8, 4) is 6.07 Å². The van der Waals surface area contributed by atoms with E-state index < -0.39 is 0 Å². The number of anilines is 1. The van der Waals surface area contributed by atoms with Crippen molar-refractivity contribution in [2.24, 2.45) is 5.92 Å². The molecule has 1 saturated carbocycles. The minimum Gasteiger partial charge on any atom is -0.368 e. The third kappa shape index (κ3) is 3.23. The van der Waals surface area contributed by atoms with E-state index in [1.807, 2.05) is 12.1 Å². The second kappa shape index (κ2) is 5.10. The lowest BCUT2D eigenvalue weighted by molar-refractivity contribution is 0.607. The Bertz CT molecular complexity index is 444. The molecule has 0 spiro atoms. The first-order valence-electron chi connectivity index (χ1n) is 6.07. The Labute approximate surface area is 111 Å². The Kier molecular flexibility index (Phi) is 3.73. The first kappa shape index (κ1) is 12.4. The maximum Gasteiger partial charge on any atom is 0.0992 e. The molecule has 90 valence electrons. The first-order chi connectivity index (χ1) is 8.10. The van der Waals surface area contributed by atoms with E-state index in [0.717, 1.165) is 16.6 Å². The van der Waals surface area contributed by atoms with Gasteiger partial charge in [0.05, 0.1) is 11.6 Å². The second-order valence-corrected chi connectivity index (χ2v) is 6.00. The summed E-state index contributed by atoms with van der Waals surface area (Å²) < 4.78 is 0.987. The molecule has 0 atom stereocenters. The molecule has 1 aromatic carbocycles. The molecule has 2 rings (SSSR count). The first-order valence-corrected chi connectivity index (χ1v) is 6.87. The van der Waals surface area contributed by atoms with Crippen LogP contribution < -0.4 is 4.90 Å². The summed E-state index contributed by atoms with van der Waals surface area (Å²) in [5.41, 5.74) is 1.90. The van der Waals surface area contributed by atoms with Gasteiger partial charge in [-0.25, -0.2) is 0 Å². The minimum absolute atomic E-state index is 0.639. The average molecular weight is 293 g/mol. The van der Waals surface area contributed by atoms with Crippen LogP contribution in [0.1, 0.15) is 32.3 Å². The molecule has 1 aliphatic rings. The fraction of sp³-hybridized carbons (Fsp3) is 0.500. The average Bonchev–Trinajstić information content (AvgIpc) is 3.08. The van der Waals surface area contributed by atoms with E-state index in [-0.39, 0.29) is 0 Å². The van der Waals surface area contributed by atoms with Gasteiger partial charge in [0.1, 0.15) is 0 Å². The van der Waals surface area contributed by atoms with E-state index in [0.29, 0.717) is 12.0 Å². The zero-order chi connectivity index (χ0) is 12.4. The van der Waals surface area contributed by atoms with Crippen LogP contribution in [0.3, 0.4) is 0 Å². The molecule has 0 unspecified atom stereocenters. The largest absolute Gasteiger partial charge is 0.368 e. The summed E-state index contributed by atoms with van der Waals surface area (Å²) in [7, 11) is 0. The van der Waals surface area contributed by atoms with E-state index in [1.54, 1.807) is 0 Å². The number of hydrogen-bond donors (Lipinski definition) is 0. The summed E-state index contributed by atoms with van der Waals surface area (Å²) in [6, 6.07) is 8.87. The highest BCUT2D eigenvalue weighted by molar-refractivity contribution is 9.10. The maximum absolute atomic E-state index is 9.02. The van der Waals surface area contributed by atoms with Gasteiger partial charge in [-0.15, -0.1) is 0 Å². The van der Waals surface area contributed by atoms with E-state index in [9.17, 15) is 0 Å². The molecule has 2 nitrogen and oxygen atoms in total. The van der Waals surface area contributed by atoms with Crippen molar-refractivity contribution in [2.45, 2.75) is 32.7 Å². The lowest BCUT2D eigenvalue weighted by Crippen LogP contribution is -2.29. The Hall–Kier alpha value is -1.01. The van der Waals surface area contributed by atoms with Crippen LogP contribution in [0.5, 0.6) is 0 Å². The van der Waals surface area contributed by atoms with Gasteiger partial charge in [0.15, 0.2) is 0 Å². The zero-order valence-electron chi connectivity index (χ0n) is 10.3. The van der Waals surface area contributed by atoms with Crippen LogP contribution in [0, 0.1) is 17.2 Å². The molecular weight excluding hydrogens is 276 g/mol. The molecule has 0 heterocycles. The standard InChI is InChI=1S/C14H17BrN2/c1-10(2)9-17(13-3-4-13)14-6-11(8-16)5-12(15)7-14/h5-7,10,13H,3-4,9H2,1-2H3. The van der Waals surface area contributed by atoms with Crippen molar-refractivity contribution in [3.05, 3.63) is 28.2 Å². The summed E-state index contributed by atoms with van der Waals surface area (Å²) in [5, 5.41) is 9.02. The molecule has 0 N–H and O–H groups in total. The predicted molar refractivity (Wildman–Crippen MR) is 74.1 cm³/mol. The number of nitriles is 1. The van der Waals surface area contributed by atoms with Crippen molar-refractivity contribution in [3.63, 3.8) is 0 Å². The molecule has 0 aliphatic heterocycles. The van der Waals surface area contributed by atoms with Gasteiger partial charge in [-0.3, -0.25) is 0 Å². The van der Waals surface area contributed by atoms with Crippen LogP contribution in [-0.2, 0) is 0 Å². The lowest BCUT2D eigenvalue weighted by atomic mass is 10.1. The van der Waals surface area contributed by atoms with Gasteiger partial charge in [-0.05, 0) is 37.0 Å². The highest BCUT2D eigenvalue weighted by Crippen LogP contribution is 2.34. The number of halogens is 1. The van der Waals surface area contributed by atoms with Crippen molar-refractivity contribution < 1.29 is 0 Å². The molecule has 3 heteroatoms. The van der Waals surface area contributed by atoms with Gasteiger partial charge in [-0.2, -0.15) is 5.26 Å². The van der Waals surface area contributed by atoms with E-state index in [1.165, 1.54) is 18.5 Å². The molecular formula is C14H17BrN2. The topological polar surface area (TPSA) is 27.0 Å². The van der Waals surface area contributed by atoms with Crippen LogP contribution >= 0.6 is 15.9 Å². The van der Waals surface area contributed by atoms with Crippen molar-refractivity contribution in [1.29, 1.82) is 5.26 Å². The zero-order valence-corrected chi connectivity index (χ0v) is 11.9. The molecule has 0 radical (unpaired) electrons. The van der Waals surface area contributed by atoms with E-state index in [4.69, 9.17) is 5.26 Å².